The van der Waals surface area contributed by atoms with E-state index in [2.05, 4.69) is 4.72 Å². The van der Waals surface area contributed by atoms with E-state index >= 15 is 0 Å². The molecule has 0 radical (unpaired) electrons. The first-order chi connectivity index (χ1) is 7.99. The van der Waals surface area contributed by atoms with E-state index in [0.29, 0.717) is 22.7 Å². The molecule has 0 bridgehead atoms. The number of anilines is 1. The van der Waals surface area contributed by atoms with Gasteiger partial charge in [0.15, 0.2) is 0 Å². The molecule has 0 heterocycles. The van der Waals surface area contributed by atoms with Gasteiger partial charge in [0.25, 0.3) is 0 Å². The first kappa shape index (κ1) is 12.4. The quantitative estimate of drug-likeness (QED) is 0.785. The van der Waals surface area contributed by atoms with Gasteiger partial charge in [-0.2, -0.15) is 0 Å². The number of sulfonamides is 1. The number of rotatable bonds is 5. The fourth-order valence-electron chi connectivity index (χ4n) is 1.86. The standard InChI is InChI=1S/C12H18N2O2S/c1-9-8-11(13)4-5-12(9)17(15,16)14-7-6-10-2-3-10/h4-5,8,10,14H,2-3,6-7,13H2,1H3. The number of benzene rings is 1. The molecule has 1 aromatic rings. The molecular formula is C12H18N2O2S. The Morgan fingerprint density at radius 3 is 2.71 bits per heavy atom. The van der Waals surface area contributed by atoms with Crippen molar-refractivity contribution in [3.8, 4) is 0 Å². The van der Waals surface area contributed by atoms with Gasteiger partial charge in [0.1, 0.15) is 0 Å². The lowest BCUT2D eigenvalue weighted by atomic mass is 10.2. The van der Waals surface area contributed by atoms with E-state index in [1.165, 1.54) is 12.8 Å². The highest BCUT2D eigenvalue weighted by Gasteiger charge is 2.22. The molecule has 0 unspecified atom stereocenters. The van der Waals surface area contributed by atoms with Crippen molar-refractivity contribution < 1.29 is 8.42 Å². The number of nitrogen functional groups attached to an aromatic ring is 1. The molecule has 5 heteroatoms. The van der Waals surface area contributed by atoms with Crippen LogP contribution in [0, 0.1) is 12.8 Å². The Morgan fingerprint density at radius 1 is 1.41 bits per heavy atom. The lowest BCUT2D eigenvalue weighted by Crippen LogP contribution is -2.25. The SMILES string of the molecule is Cc1cc(N)ccc1S(=O)(=O)NCCC1CC1. The molecule has 0 amide bonds. The Bertz CT molecular complexity index is 507. The highest BCUT2D eigenvalue weighted by molar-refractivity contribution is 7.89. The number of hydrogen-bond donors (Lipinski definition) is 2. The Kier molecular flexibility index (Phi) is 3.40. The number of hydrogen-bond acceptors (Lipinski definition) is 3. The summed E-state index contributed by atoms with van der Waals surface area (Å²) in [5.74, 6) is 0.727. The minimum Gasteiger partial charge on any atom is -0.399 e. The molecule has 2 rings (SSSR count). The zero-order valence-electron chi connectivity index (χ0n) is 9.94. The lowest BCUT2D eigenvalue weighted by Gasteiger charge is -2.09. The molecule has 1 saturated carbocycles. The van der Waals surface area contributed by atoms with Crippen LogP contribution in [-0.2, 0) is 10.0 Å². The summed E-state index contributed by atoms with van der Waals surface area (Å²) in [5.41, 5.74) is 6.87. The molecule has 0 atom stereocenters. The molecule has 17 heavy (non-hydrogen) atoms. The molecular weight excluding hydrogens is 236 g/mol. The van der Waals surface area contributed by atoms with Gasteiger partial charge in [-0.25, -0.2) is 13.1 Å². The summed E-state index contributed by atoms with van der Waals surface area (Å²) in [5, 5.41) is 0. The van der Waals surface area contributed by atoms with Crippen molar-refractivity contribution in [1.29, 1.82) is 0 Å². The van der Waals surface area contributed by atoms with E-state index in [1.807, 2.05) is 0 Å². The molecule has 94 valence electrons. The smallest absolute Gasteiger partial charge is 0.240 e. The summed E-state index contributed by atoms with van der Waals surface area (Å²) in [6, 6.07) is 4.85. The van der Waals surface area contributed by atoms with Gasteiger partial charge in [-0.15, -0.1) is 0 Å². The summed E-state index contributed by atoms with van der Waals surface area (Å²) < 4.78 is 26.7. The van der Waals surface area contributed by atoms with Crippen LogP contribution in [-0.4, -0.2) is 15.0 Å². The molecule has 1 aliphatic rings. The molecule has 0 aromatic heterocycles. The van der Waals surface area contributed by atoms with E-state index in [4.69, 9.17) is 5.73 Å². The monoisotopic (exact) mass is 254 g/mol. The Labute approximate surface area is 102 Å². The molecule has 0 saturated heterocycles. The summed E-state index contributed by atoms with van der Waals surface area (Å²) >= 11 is 0. The van der Waals surface area contributed by atoms with E-state index in [0.717, 1.165) is 12.3 Å². The minimum atomic E-state index is -3.38. The topological polar surface area (TPSA) is 72.2 Å². The van der Waals surface area contributed by atoms with Crippen molar-refractivity contribution >= 4 is 15.7 Å². The van der Waals surface area contributed by atoms with Crippen LogP contribution >= 0.6 is 0 Å². The summed E-state index contributed by atoms with van der Waals surface area (Å²) in [7, 11) is -3.38. The summed E-state index contributed by atoms with van der Waals surface area (Å²) in [4.78, 5) is 0.322. The van der Waals surface area contributed by atoms with Gasteiger partial charge in [0, 0.05) is 12.2 Å². The first-order valence-corrected chi connectivity index (χ1v) is 7.33. The molecule has 4 nitrogen and oxygen atoms in total. The molecule has 1 fully saturated rings. The minimum absolute atomic E-state index is 0.322. The van der Waals surface area contributed by atoms with Crippen molar-refractivity contribution in [2.75, 3.05) is 12.3 Å². The van der Waals surface area contributed by atoms with Crippen LogP contribution in [0.25, 0.3) is 0 Å². The Balaban J connectivity index is 2.07. The average Bonchev–Trinajstić information content (AvgIpc) is 3.00. The molecule has 1 aromatic carbocycles. The van der Waals surface area contributed by atoms with E-state index < -0.39 is 10.0 Å². The first-order valence-electron chi connectivity index (χ1n) is 5.85. The zero-order valence-corrected chi connectivity index (χ0v) is 10.8. The molecule has 1 aliphatic carbocycles. The van der Waals surface area contributed by atoms with Crippen LogP contribution in [0.5, 0.6) is 0 Å². The number of nitrogens with one attached hydrogen (secondary N) is 1. The Morgan fingerprint density at radius 2 is 2.12 bits per heavy atom. The second kappa shape index (κ2) is 4.66. The predicted molar refractivity (Wildman–Crippen MR) is 68.1 cm³/mol. The predicted octanol–water partition coefficient (Wildman–Crippen LogP) is 1.66. The van der Waals surface area contributed by atoms with Gasteiger partial charge >= 0.3 is 0 Å². The Hall–Kier alpha value is -1.07. The third kappa shape index (κ3) is 3.20. The molecule has 0 aliphatic heterocycles. The van der Waals surface area contributed by atoms with Gasteiger partial charge in [0.05, 0.1) is 4.90 Å². The second-order valence-electron chi connectivity index (χ2n) is 4.65. The normalized spacial score (nSPS) is 16.1. The van der Waals surface area contributed by atoms with Crippen molar-refractivity contribution in [3.05, 3.63) is 23.8 Å². The van der Waals surface area contributed by atoms with E-state index in [-0.39, 0.29) is 0 Å². The second-order valence-corrected chi connectivity index (χ2v) is 6.39. The number of aryl methyl sites for hydroxylation is 1. The average molecular weight is 254 g/mol. The van der Waals surface area contributed by atoms with Gasteiger partial charge in [-0.3, -0.25) is 0 Å². The van der Waals surface area contributed by atoms with Gasteiger partial charge in [0.2, 0.25) is 10.0 Å². The van der Waals surface area contributed by atoms with Gasteiger partial charge in [-0.1, -0.05) is 12.8 Å². The van der Waals surface area contributed by atoms with Crippen molar-refractivity contribution in [3.63, 3.8) is 0 Å². The maximum atomic E-state index is 12.0. The van der Waals surface area contributed by atoms with Crippen LogP contribution in [0.15, 0.2) is 23.1 Å². The zero-order chi connectivity index (χ0) is 12.5. The van der Waals surface area contributed by atoms with Crippen molar-refractivity contribution in [2.45, 2.75) is 31.1 Å². The van der Waals surface area contributed by atoms with E-state index in [1.54, 1.807) is 25.1 Å². The van der Waals surface area contributed by atoms with Gasteiger partial charge in [-0.05, 0) is 43.0 Å². The maximum absolute atomic E-state index is 12.0. The van der Waals surface area contributed by atoms with Crippen molar-refractivity contribution in [1.82, 2.24) is 4.72 Å². The van der Waals surface area contributed by atoms with Crippen LogP contribution in [0.3, 0.4) is 0 Å². The fourth-order valence-corrected chi connectivity index (χ4v) is 3.13. The third-order valence-electron chi connectivity index (χ3n) is 3.03. The van der Waals surface area contributed by atoms with Crippen molar-refractivity contribution in [2.24, 2.45) is 5.92 Å². The summed E-state index contributed by atoms with van der Waals surface area (Å²) in [6.45, 7) is 2.28. The van der Waals surface area contributed by atoms with Gasteiger partial charge < -0.3 is 5.73 Å². The lowest BCUT2D eigenvalue weighted by molar-refractivity contribution is 0.574. The van der Waals surface area contributed by atoms with E-state index in [9.17, 15) is 8.42 Å². The molecule has 3 N–H and O–H groups in total. The maximum Gasteiger partial charge on any atom is 0.240 e. The van der Waals surface area contributed by atoms with Crippen LogP contribution < -0.4 is 10.5 Å². The van der Waals surface area contributed by atoms with Crippen LogP contribution in [0.4, 0.5) is 5.69 Å². The highest BCUT2D eigenvalue weighted by atomic mass is 32.2. The summed E-state index contributed by atoms with van der Waals surface area (Å²) in [6.07, 6.45) is 3.42. The van der Waals surface area contributed by atoms with Crippen LogP contribution in [0.1, 0.15) is 24.8 Å². The third-order valence-corrected chi connectivity index (χ3v) is 4.65. The highest BCUT2D eigenvalue weighted by Crippen LogP contribution is 2.31. The largest absolute Gasteiger partial charge is 0.399 e. The van der Waals surface area contributed by atoms with Crippen LogP contribution in [0.2, 0.25) is 0 Å². The molecule has 0 spiro atoms. The fraction of sp³-hybridized carbons (Fsp3) is 0.500. The number of nitrogens with two attached hydrogens (primary N) is 1.